The second-order valence-electron chi connectivity index (χ2n) is 5.09. The maximum Gasteiger partial charge on any atom is 0.257 e. The third-order valence-corrected chi connectivity index (χ3v) is 3.58. The van der Waals surface area contributed by atoms with Crippen LogP contribution >= 0.6 is 15.9 Å². The van der Waals surface area contributed by atoms with Gasteiger partial charge < -0.3 is 14.8 Å². The van der Waals surface area contributed by atoms with Gasteiger partial charge in [-0.15, -0.1) is 0 Å². The lowest BCUT2D eigenvalue weighted by molar-refractivity contribution is -0.123. The quantitative estimate of drug-likeness (QED) is 0.689. The van der Waals surface area contributed by atoms with Crippen LogP contribution in [0, 0.1) is 11.7 Å². The number of ether oxygens (including phenoxy) is 2. The Morgan fingerprint density at radius 1 is 1.43 bits per heavy atom. The monoisotopic (exact) mass is 359 g/mol. The maximum atomic E-state index is 13.5. The first-order valence-electron chi connectivity index (χ1n) is 7.07. The summed E-state index contributed by atoms with van der Waals surface area (Å²) >= 11 is 3.16. The normalized spacial score (nSPS) is 14.0. The van der Waals surface area contributed by atoms with Crippen molar-refractivity contribution in [2.24, 2.45) is 5.92 Å². The molecule has 1 amide bonds. The second-order valence-corrected chi connectivity index (χ2v) is 6.00. The molecule has 0 aliphatic heterocycles. The number of carbonyl (C=O) groups excluding carboxylic acids is 1. The molecule has 4 nitrogen and oxygen atoms in total. The minimum atomic E-state index is -0.495. The van der Waals surface area contributed by atoms with Crippen LogP contribution in [-0.4, -0.2) is 32.3 Å². The topological polar surface area (TPSA) is 47.6 Å². The first kappa shape index (κ1) is 16.2. The highest BCUT2D eigenvalue weighted by atomic mass is 79.9. The van der Waals surface area contributed by atoms with E-state index in [-0.39, 0.29) is 18.3 Å². The summed E-state index contributed by atoms with van der Waals surface area (Å²) in [5.41, 5.74) is 0. The average molecular weight is 360 g/mol. The molecular weight excluding hydrogens is 341 g/mol. The molecule has 1 aromatic carbocycles. The van der Waals surface area contributed by atoms with Gasteiger partial charge in [-0.2, -0.15) is 0 Å². The molecule has 1 fully saturated rings. The van der Waals surface area contributed by atoms with Gasteiger partial charge in [0.25, 0.3) is 5.91 Å². The van der Waals surface area contributed by atoms with E-state index in [0.717, 1.165) is 18.9 Å². The molecule has 0 spiro atoms. The number of nitrogens with one attached hydrogen (secondary N) is 1. The fourth-order valence-electron chi connectivity index (χ4n) is 1.72. The molecule has 1 aliphatic carbocycles. The number of hydrogen-bond donors (Lipinski definition) is 1. The van der Waals surface area contributed by atoms with Gasteiger partial charge in [0.05, 0.1) is 0 Å². The zero-order chi connectivity index (χ0) is 15.1. The number of rotatable bonds is 9. The first-order valence-corrected chi connectivity index (χ1v) is 7.87. The summed E-state index contributed by atoms with van der Waals surface area (Å²) in [7, 11) is 0. The summed E-state index contributed by atoms with van der Waals surface area (Å²) < 4.78 is 24.7. The molecule has 21 heavy (non-hydrogen) atoms. The molecule has 116 valence electrons. The Labute approximate surface area is 132 Å². The molecule has 1 N–H and O–H groups in total. The molecule has 0 radical (unpaired) electrons. The summed E-state index contributed by atoms with van der Waals surface area (Å²) in [5, 5.41) is 2.71. The van der Waals surface area contributed by atoms with E-state index >= 15 is 0 Å². The third-order valence-electron chi connectivity index (χ3n) is 3.09. The Morgan fingerprint density at radius 2 is 2.24 bits per heavy atom. The molecule has 0 bridgehead atoms. The summed E-state index contributed by atoms with van der Waals surface area (Å²) in [5.74, 6) is 0.0695. The summed E-state index contributed by atoms with van der Waals surface area (Å²) in [6, 6.07) is 4.44. The first-order chi connectivity index (χ1) is 10.1. The molecule has 0 atom stereocenters. The van der Waals surface area contributed by atoms with Crippen molar-refractivity contribution in [3.63, 3.8) is 0 Å². The average Bonchev–Trinajstić information content (AvgIpc) is 3.26. The van der Waals surface area contributed by atoms with Crippen LogP contribution < -0.4 is 10.1 Å². The summed E-state index contributed by atoms with van der Waals surface area (Å²) in [6.45, 7) is 1.83. The lowest BCUT2D eigenvalue weighted by Gasteiger charge is -2.08. The summed E-state index contributed by atoms with van der Waals surface area (Å²) in [6.07, 6.45) is 3.33. The fourth-order valence-corrected chi connectivity index (χ4v) is 2.06. The highest BCUT2D eigenvalue weighted by Gasteiger charge is 2.20. The van der Waals surface area contributed by atoms with Crippen molar-refractivity contribution >= 4 is 21.8 Å². The van der Waals surface area contributed by atoms with E-state index in [9.17, 15) is 9.18 Å². The van der Waals surface area contributed by atoms with E-state index in [0.29, 0.717) is 17.6 Å². The number of halogens is 2. The largest absolute Gasteiger partial charge is 0.481 e. The van der Waals surface area contributed by atoms with Crippen LogP contribution in [0.3, 0.4) is 0 Å². The van der Waals surface area contributed by atoms with E-state index in [2.05, 4.69) is 21.2 Å². The smallest absolute Gasteiger partial charge is 0.257 e. The van der Waals surface area contributed by atoms with E-state index in [1.807, 2.05) is 0 Å². The lowest BCUT2D eigenvalue weighted by Crippen LogP contribution is -2.30. The fraction of sp³-hybridized carbons (Fsp3) is 0.533. The third kappa shape index (κ3) is 6.44. The predicted molar refractivity (Wildman–Crippen MR) is 80.8 cm³/mol. The number of hydrogen-bond acceptors (Lipinski definition) is 3. The van der Waals surface area contributed by atoms with Gasteiger partial charge in [0, 0.05) is 24.2 Å². The number of carbonyl (C=O) groups is 1. The second kappa shape index (κ2) is 8.34. The standard InChI is InChI=1S/C15H19BrFNO3/c16-12-4-5-14(13(17)8-12)21-10-15(19)18-6-1-7-20-9-11-2-3-11/h4-5,8,11H,1-3,6-7,9-10H2,(H,18,19). The molecular formula is C15H19BrFNO3. The Bertz CT molecular complexity index is 480. The minimum Gasteiger partial charge on any atom is -0.481 e. The van der Waals surface area contributed by atoms with Crippen molar-refractivity contribution < 1.29 is 18.7 Å². The van der Waals surface area contributed by atoms with Crippen LogP contribution in [0.15, 0.2) is 22.7 Å². The van der Waals surface area contributed by atoms with Crippen molar-refractivity contribution in [3.8, 4) is 5.75 Å². The molecule has 1 aromatic rings. The van der Waals surface area contributed by atoms with Gasteiger partial charge in [-0.1, -0.05) is 15.9 Å². The SMILES string of the molecule is O=C(COc1ccc(Br)cc1F)NCCCOCC1CC1. The van der Waals surface area contributed by atoms with Crippen LogP contribution in [-0.2, 0) is 9.53 Å². The van der Waals surface area contributed by atoms with Crippen LogP contribution in [0.1, 0.15) is 19.3 Å². The Hall–Kier alpha value is -1.14. The van der Waals surface area contributed by atoms with Crippen molar-refractivity contribution in [3.05, 3.63) is 28.5 Å². The van der Waals surface area contributed by atoms with Gasteiger partial charge in [-0.05, 0) is 43.4 Å². The number of amides is 1. The Kier molecular flexibility index (Phi) is 6.45. The zero-order valence-corrected chi connectivity index (χ0v) is 13.3. The zero-order valence-electron chi connectivity index (χ0n) is 11.7. The van der Waals surface area contributed by atoms with E-state index < -0.39 is 5.82 Å². The van der Waals surface area contributed by atoms with Crippen molar-refractivity contribution in [2.75, 3.05) is 26.4 Å². The molecule has 2 rings (SSSR count). The minimum absolute atomic E-state index is 0.0705. The van der Waals surface area contributed by atoms with Crippen molar-refractivity contribution in [2.45, 2.75) is 19.3 Å². The van der Waals surface area contributed by atoms with Crippen LogP contribution in [0.4, 0.5) is 4.39 Å². The van der Waals surface area contributed by atoms with Gasteiger partial charge in [0.2, 0.25) is 0 Å². The van der Waals surface area contributed by atoms with Gasteiger partial charge in [-0.3, -0.25) is 4.79 Å². The van der Waals surface area contributed by atoms with Crippen LogP contribution in [0.2, 0.25) is 0 Å². The highest BCUT2D eigenvalue weighted by molar-refractivity contribution is 9.10. The van der Waals surface area contributed by atoms with Gasteiger partial charge in [0.1, 0.15) is 0 Å². The molecule has 0 aromatic heterocycles. The lowest BCUT2D eigenvalue weighted by atomic mass is 10.3. The van der Waals surface area contributed by atoms with Gasteiger partial charge >= 0.3 is 0 Å². The molecule has 1 aliphatic rings. The molecule has 0 heterocycles. The number of benzene rings is 1. The molecule has 0 saturated heterocycles. The van der Waals surface area contributed by atoms with Crippen LogP contribution in [0.25, 0.3) is 0 Å². The van der Waals surface area contributed by atoms with Crippen LogP contribution in [0.5, 0.6) is 5.75 Å². The maximum absolute atomic E-state index is 13.5. The predicted octanol–water partition coefficient (Wildman–Crippen LogP) is 2.90. The summed E-state index contributed by atoms with van der Waals surface area (Å²) in [4.78, 5) is 11.5. The van der Waals surface area contributed by atoms with Crippen molar-refractivity contribution in [1.82, 2.24) is 5.32 Å². The Morgan fingerprint density at radius 3 is 2.95 bits per heavy atom. The highest BCUT2D eigenvalue weighted by Crippen LogP contribution is 2.28. The van der Waals surface area contributed by atoms with E-state index in [4.69, 9.17) is 9.47 Å². The van der Waals surface area contributed by atoms with Gasteiger partial charge in [0.15, 0.2) is 18.2 Å². The molecule has 1 saturated carbocycles. The molecule has 0 unspecified atom stereocenters. The van der Waals surface area contributed by atoms with Crippen molar-refractivity contribution in [1.29, 1.82) is 0 Å². The van der Waals surface area contributed by atoms with E-state index in [1.165, 1.54) is 25.0 Å². The van der Waals surface area contributed by atoms with Gasteiger partial charge in [-0.25, -0.2) is 4.39 Å². The molecule has 6 heteroatoms. The van der Waals surface area contributed by atoms with E-state index in [1.54, 1.807) is 6.07 Å². The Balaban J connectivity index is 1.54.